The highest BCUT2D eigenvalue weighted by Crippen LogP contribution is 2.19. The van der Waals surface area contributed by atoms with Crippen molar-refractivity contribution in [3.8, 4) is 11.5 Å². The first kappa shape index (κ1) is 32.1. The van der Waals surface area contributed by atoms with Gasteiger partial charge in [0.15, 0.2) is 0 Å². The highest BCUT2D eigenvalue weighted by Gasteiger charge is 2.06. The van der Waals surface area contributed by atoms with Gasteiger partial charge in [-0.15, -0.1) is 0 Å². The number of benzene rings is 2. The summed E-state index contributed by atoms with van der Waals surface area (Å²) in [5, 5.41) is 10.7. The summed E-state index contributed by atoms with van der Waals surface area (Å²) >= 11 is 0. The number of rotatable bonds is 22. The monoisotopic (exact) mass is 537 g/mol. The lowest BCUT2D eigenvalue weighted by atomic mass is 10.0. The van der Waals surface area contributed by atoms with Crippen LogP contribution in [0, 0.1) is 10.1 Å². The number of nitro benzene ring substituents is 1. The van der Waals surface area contributed by atoms with Gasteiger partial charge in [0.05, 0.1) is 11.5 Å². The van der Waals surface area contributed by atoms with E-state index in [4.69, 9.17) is 9.47 Å². The van der Waals surface area contributed by atoms with E-state index < -0.39 is 10.9 Å². The van der Waals surface area contributed by atoms with Crippen LogP contribution in [0.2, 0.25) is 0 Å². The number of nitro groups is 1. The van der Waals surface area contributed by atoms with Gasteiger partial charge in [-0.05, 0) is 42.3 Å². The normalized spacial score (nSPS) is 11.1. The molecule has 0 saturated carbocycles. The minimum atomic E-state index is -0.548. The molecule has 0 amide bonds. The molecule has 0 bridgehead atoms. The average Bonchev–Trinajstić information content (AvgIpc) is 2.94. The molecule has 214 valence electrons. The number of ether oxygens (including phenoxy) is 2. The van der Waals surface area contributed by atoms with Crippen LogP contribution < -0.4 is 9.47 Å². The number of esters is 1. The Bertz CT molecular complexity index is 953. The van der Waals surface area contributed by atoms with Gasteiger partial charge in [0.2, 0.25) is 0 Å². The lowest BCUT2D eigenvalue weighted by Gasteiger charge is -2.07. The minimum absolute atomic E-state index is 0.0533. The van der Waals surface area contributed by atoms with Crippen LogP contribution in [0.5, 0.6) is 11.5 Å². The van der Waals surface area contributed by atoms with E-state index in [9.17, 15) is 14.9 Å². The molecule has 0 radical (unpaired) electrons. The van der Waals surface area contributed by atoms with Gasteiger partial charge in [-0.2, -0.15) is 0 Å². The number of nitrogens with zero attached hydrogens (tertiary/aromatic N) is 1. The Kier molecular flexibility index (Phi) is 17.1. The van der Waals surface area contributed by atoms with Crippen molar-refractivity contribution in [1.29, 1.82) is 0 Å². The van der Waals surface area contributed by atoms with Gasteiger partial charge in [-0.3, -0.25) is 10.1 Å². The molecule has 0 atom stereocenters. The van der Waals surface area contributed by atoms with Crippen LogP contribution in [0.4, 0.5) is 5.69 Å². The first-order valence-electron chi connectivity index (χ1n) is 15.0. The van der Waals surface area contributed by atoms with E-state index in [0.29, 0.717) is 0 Å². The zero-order chi connectivity index (χ0) is 28.0. The van der Waals surface area contributed by atoms with E-state index in [0.717, 1.165) is 24.3 Å². The smallest absolute Gasteiger partial charge is 0.336 e. The van der Waals surface area contributed by atoms with Crippen LogP contribution in [0.15, 0.2) is 54.6 Å². The number of unbranched alkanes of at least 4 members (excludes halogenated alkanes) is 15. The molecule has 0 spiro atoms. The largest absolute Gasteiger partial charge is 0.494 e. The van der Waals surface area contributed by atoms with Gasteiger partial charge in [-0.1, -0.05) is 115 Å². The number of non-ortho nitro benzene ring substituents is 1. The quantitative estimate of drug-likeness (QED) is 0.0373. The third-order valence-corrected chi connectivity index (χ3v) is 6.82. The molecule has 0 N–H and O–H groups in total. The molecule has 39 heavy (non-hydrogen) atoms. The van der Waals surface area contributed by atoms with Gasteiger partial charge in [0.25, 0.3) is 5.69 Å². The summed E-state index contributed by atoms with van der Waals surface area (Å²) < 4.78 is 11.0. The van der Waals surface area contributed by atoms with Crippen molar-refractivity contribution in [3.05, 3.63) is 70.3 Å². The summed E-state index contributed by atoms with van der Waals surface area (Å²) in [7, 11) is 0. The van der Waals surface area contributed by atoms with Gasteiger partial charge in [-0.25, -0.2) is 4.79 Å². The van der Waals surface area contributed by atoms with Gasteiger partial charge < -0.3 is 9.47 Å². The third-order valence-electron chi connectivity index (χ3n) is 6.82. The summed E-state index contributed by atoms with van der Waals surface area (Å²) in [5.41, 5.74) is 0.799. The first-order valence-corrected chi connectivity index (χ1v) is 15.0. The van der Waals surface area contributed by atoms with E-state index in [2.05, 4.69) is 6.92 Å². The zero-order valence-electron chi connectivity index (χ0n) is 23.8. The molecule has 0 fully saturated rings. The van der Waals surface area contributed by atoms with Crippen LogP contribution in [-0.4, -0.2) is 17.5 Å². The highest BCUT2D eigenvalue weighted by atomic mass is 16.6. The Balaban J connectivity index is 1.45. The zero-order valence-corrected chi connectivity index (χ0v) is 23.8. The maximum absolute atomic E-state index is 12.0. The van der Waals surface area contributed by atoms with Gasteiger partial charge in [0.1, 0.15) is 11.5 Å². The van der Waals surface area contributed by atoms with Crippen LogP contribution >= 0.6 is 0 Å². The number of carbonyl (C=O) groups excluding carboxylic acids is 1. The SMILES string of the molecule is CCCCCCCCCCCCCCCCCCOc1ccc(/C=C/C(=O)Oc2ccc([N+](=O)[O-])cc2)cc1. The standard InChI is InChI=1S/C33H47NO5/c1-2-3-4-5-6-7-8-9-10-11-12-13-14-15-16-17-28-38-31-23-18-29(19-24-31)20-27-33(35)39-32-25-21-30(22-26-32)34(36)37/h18-27H,2-17,28H2,1H3/b27-20+. The second-order valence-electron chi connectivity index (χ2n) is 10.2. The molecule has 0 aromatic heterocycles. The molecule has 0 saturated heterocycles. The Morgan fingerprint density at radius 3 is 1.64 bits per heavy atom. The van der Waals surface area contributed by atoms with Crippen molar-refractivity contribution >= 4 is 17.7 Å². The van der Waals surface area contributed by atoms with Gasteiger partial charge in [0, 0.05) is 18.2 Å². The molecule has 2 rings (SSSR count). The number of carbonyl (C=O) groups is 1. The molecule has 6 nitrogen and oxygen atoms in total. The van der Waals surface area contributed by atoms with E-state index in [1.165, 1.54) is 127 Å². The van der Waals surface area contributed by atoms with Crippen molar-refractivity contribution in [2.45, 2.75) is 110 Å². The molecule has 0 unspecified atom stereocenters. The predicted molar refractivity (Wildman–Crippen MR) is 159 cm³/mol. The summed E-state index contributed by atoms with van der Waals surface area (Å²) in [6, 6.07) is 13.0. The molecule has 0 aliphatic rings. The van der Waals surface area contributed by atoms with E-state index in [1.807, 2.05) is 24.3 Å². The van der Waals surface area contributed by atoms with E-state index in [1.54, 1.807) is 6.08 Å². The van der Waals surface area contributed by atoms with Crippen molar-refractivity contribution in [2.75, 3.05) is 6.61 Å². The Hall–Kier alpha value is -3.15. The van der Waals surface area contributed by atoms with Crippen LogP contribution in [-0.2, 0) is 4.79 Å². The lowest BCUT2D eigenvalue weighted by molar-refractivity contribution is -0.384. The molecule has 2 aromatic rings. The number of hydrogen-bond acceptors (Lipinski definition) is 5. The molecule has 0 aliphatic heterocycles. The van der Waals surface area contributed by atoms with Crippen molar-refractivity contribution in [1.82, 2.24) is 0 Å². The summed E-state index contributed by atoms with van der Waals surface area (Å²) in [5.74, 6) is 0.530. The van der Waals surface area contributed by atoms with Gasteiger partial charge >= 0.3 is 5.97 Å². The fourth-order valence-corrected chi connectivity index (χ4v) is 4.47. The van der Waals surface area contributed by atoms with E-state index in [-0.39, 0.29) is 11.4 Å². The third kappa shape index (κ3) is 15.8. The molecule has 0 aliphatic carbocycles. The molecular formula is C33H47NO5. The Morgan fingerprint density at radius 1 is 0.692 bits per heavy atom. The van der Waals surface area contributed by atoms with Crippen molar-refractivity contribution in [3.63, 3.8) is 0 Å². The first-order chi connectivity index (χ1) is 19.1. The summed E-state index contributed by atoms with van der Waals surface area (Å²) in [6.45, 7) is 2.99. The fraction of sp³-hybridized carbons (Fsp3) is 0.545. The second kappa shape index (κ2) is 20.8. The summed E-state index contributed by atoms with van der Waals surface area (Å²) in [6.07, 6.45) is 24.7. The lowest BCUT2D eigenvalue weighted by Crippen LogP contribution is -2.03. The maximum atomic E-state index is 12.0. The molecule has 2 aromatic carbocycles. The highest BCUT2D eigenvalue weighted by molar-refractivity contribution is 5.88. The van der Waals surface area contributed by atoms with E-state index >= 15 is 0 Å². The van der Waals surface area contributed by atoms with Crippen LogP contribution in [0.1, 0.15) is 115 Å². The minimum Gasteiger partial charge on any atom is -0.494 e. The second-order valence-corrected chi connectivity index (χ2v) is 10.2. The fourth-order valence-electron chi connectivity index (χ4n) is 4.47. The van der Waals surface area contributed by atoms with Crippen molar-refractivity contribution < 1.29 is 19.2 Å². The number of hydrogen-bond donors (Lipinski definition) is 0. The molecule has 0 heterocycles. The maximum Gasteiger partial charge on any atom is 0.336 e. The molecule has 6 heteroatoms. The predicted octanol–water partition coefficient (Wildman–Crippen LogP) is 9.85. The van der Waals surface area contributed by atoms with Crippen LogP contribution in [0.25, 0.3) is 6.08 Å². The summed E-state index contributed by atoms with van der Waals surface area (Å²) in [4.78, 5) is 22.2. The Morgan fingerprint density at radius 2 is 1.15 bits per heavy atom. The Labute approximate surface area is 235 Å². The molecular weight excluding hydrogens is 490 g/mol. The van der Waals surface area contributed by atoms with Crippen molar-refractivity contribution in [2.24, 2.45) is 0 Å². The van der Waals surface area contributed by atoms with Crippen LogP contribution in [0.3, 0.4) is 0 Å². The average molecular weight is 538 g/mol. The topological polar surface area (TPSA) is 78.7 Å².